The summed E-state index contributed by atoms with van der Waals surface area (Å²) >= 11 is 0. The predicted octanol–water partition coefficient (Wildman–Crippen LogP) is -0.436. The Bertz CT molecular complexity index is 158. The average Bonchev–Trinajstić information content (AvgIpc) is 2.34. The van der Waals surface area contributed by atoms with Crippen LogP contribution in [-0.2, 0) is 4.79 Å². The van der Waals surface area contributed by atoms with Crippen molar-refractivity contribution in [3.05, 3.63) is 0 Å². The van der Waals surface area contributed by atoms with Crippen LogP contribution in [0.5, 0.6) is 0 Å². The molecule has 5 nitrogen and oxygen atoms in total. The molecule has 0 aliphatic carbocycles. The Morgan fingerprint density at radius 2 is 1.31 bits per heavy atom. The van der Waals surface area contributed by atoms with Gasteiger partial charge in [-0.1, -0.05) is 20.8 Å². The summed E-state index contributed by atoms with van der Waals surface area (Å²) in [5.41, 5.74) is -1.21. The molecule has 0 bridgehead atoms. The van der Waals surface area contributed by atoms with Gasteiger partial charge in [0, 0.05) is 10.8 Å². The van der Waals surface area contributed by atoms with E-state index in [4.69, 9.17) is 20.4 Å². The third kappa shape index (κ3) is 6.90. The Hall–Kier alpha value is -0.490. The van der Waals surface area contributed by atoms with Gasteiger partial charge in [0.2, 0.25) is 0 Å². The molecule has 0 aliphatic rings. The van der Waals surface area contributed by atoms with Crippen molar-refractivity contribution in [2.75, 3.05) is 26.4 Å². The van der Waals surface area contributed by atoms with Crippen molar-refractivity contribution in [2.45, 2.75) is 27.2 Å². The molecule has 0 aromatic heterocycles. The molecule has 0 atom stereocenters. The zero-order chi connectivity index (χ0) is 13.2. The Balaban J connectivity index is 0. The summed E-state index contributed by atoms with van der Waals surface area (Å²) in [7, 11) is 0. The van der Waals surface area contributed by atoms with E-state index in [0.717, 1.165) is 6.29 Å². The van der Waals surface area contributed by atoms with E-state index in [-0.39, 0.29) is 26.4 Å². The Morgan fingerprint density at radius 1 is 0.938 bits per heavy atom. The van der Waals surface area contributed by atoms with Crippen molar-refractivity contribution < 1.29 is 25.2 Å². The van der Waals surface area contributed by atoms with Crippen LogP contribution in [0.1, 0.15) is 27.2 Å². The summed E-state index contributed by atoms with van der Waals surface area (Å²) in [5, 5.41) is 34.3. The lowest BCUT2D eigenvalue weighted by Crippen LogP contribution is -2.32. The molecule has 0 saturated carbocycles. The fourth-order valence-electron chi connectivity index (χ4n) is 0.523. The molecule has 0 saturated heterocycles. The molecule has 0 radical (unpaired) electrons. The molecule has 0 aliphatic heterocycles. The molecule has 16 heavy (non-hydrogen) atoms. The third-order valence-electron chi connectivity index (χ3n) is 2.48. The second-order valence-electron chi connectivity index (χ2n) is 4.59. The van der Waals surface area contributed by atoms with Crippen LogP contribution < -0.4 is 0 Å². The summed E-state index contributed by atoms with van der Waals surface area (Å²) in [6.07, 6.45) is 1.34. The van der Waals surface area contributed by atoms with Gasteiger partial charge in [-0.25, -0.2) is 0 Å². The normalized spacial score (nSPS) is 11.7. The fraction of sp³-hybridized carbons (Fsp3) is 0.909. The number of aliphatic hydroxyl groups is 4. The maximum Gasteiger partial charge on any atom is 0.127 e. The van der Waals surface area contributed by atoms with Crippen molar-refractivity contribution in [1.82, 2.24) is 0 Å². The smallest absolute Gasteiger partial charge is 0.127 e. The van der Waals surface area contributed by atoms with Crippen LogP contribution in [0.4, 0.5) is 0 Å². The summed E-state index contributed by atoms with van der Waals surface area (Å²) in [6.45, 7) is 4.64. The van der Waals surface area contributed by atoms with Crippen LogP contribution in [0.3, 0.4) is 0 Å². The van der Waals surface area contributed by atoms with E-state index in [1.807, 2.05) is 6.92 Å². The first kappa shape index (κ1) is 17.9. The molecular weight excluding hydrogens is 212 g/mol. The number of carbonyl (C=O) groups is 1. The molecule has 0 fully saturated rings. The third-order valence-corrected chi connectivity index (χ3v) is 2.48. The van der Waals surface area contributed by atoms with Gasteiger partial charge >= 0.3 is 0 Å². The SMILES string of the molecule is CC(C)(C=O)CO.CCC(CO)(CO)CO. The van der Waals surface area contributed by atoms with Gasteiger partial charge in [0.05, 0.1) is 26.4 Å². The van der Waals surface area contributed by atoms with Crippen LogP contribution in [-0.4, -0.2) is 53.1 Å². The van der Waals surface area contributed by atoms with Gasteiger partial charge in [0.1, 0.15) is 6.29 Å². The van der Waals surface area contributed by atoms with Crippen LogP contribution in [0, 0.1) is 10.8 Å². The van der Waals surface area contributed by atoms with Gasteiger partial charge in [-0.15, -0.1) is 0 Å². The average molecular weight is 236 g/mol. The second-order valence-corrected chi connectivity index (χ2v) is 4.59. The van der Waals surface area contributed by atoms with Gasteiger partial charge in [-0.05, 0) is 6.42 Å². The van der Waals surface area contributed by atoms with E-state index in [9.17, 15) is 4.79 Å². The Morgan fingerprint density at radius 3 is 1.31 bits per heavy atom. The van der Waals surface area contributed by atoms with Crippen LogP contribution in [0.15, 0.2) is 0 Å². The van der Waals surface area contributed by atoms with Crippen molar-refractivity contribution in [3.8, 4) is 0 Å². The summed E-state index contributed by atoms with van der Waals surface area (Å²) in [4.78, 5) is 9.90. The highest BCUT2D eigenvalue weighted by molar-refractivity contribution is 5.57. The first-order valence-electron chi connectivity index (χ1n) is 5.26. The number of aliphatic hydroxyl groups excluding tert-OH is 4. The quantitative estimate of drug-likeness (QED) is 0.469. The number of hydrogen-bond donors (Lipinski definition) is 4. The summed E-state index contributed by atoms with van der Waals surface area (Å²) < 4.78 is 0. The van der Waals surface area contributed by atoms with E-state index in [1.54, 1.807) is 13.8 Å². The van der Waals surface area contributed by atoms with Crippen LogP contribution in [0.25, 0.3) is 0 Å². The van der Waals surface area contributed by atoms with Gasteiger partial charge < -0.3 is 25.2 Å². The lowest BCUT2D eigenvalue weighted by molar-refractivity contribution is -0.116. The van der Waals surface area contributed by atoms with Gasteiger partial charge in [-0.2, -0.15) is 0 Å². The molecular formula is C11H24O5. The van der Waals surface area contributed by atoms with E-state index < -0.39 is 10.8 Å². The largest absolute Gasteiger partial charge is 0.396 e. The fourth-order valence-corrected chi connectivity index (χ4v) is 0.523. The van der Waals surface area contributed by atoms with E-state index in [1.165, 1.54) is 0 Å². The van der Waals surface area contributed by atoms with Crippen molar-refractivity contribution >= 4 is 6.29 Å². The lowest BCUT2D eigenvalue weighted by Gasteiger charge is -2.24. The first-order valence-corrected chi connectivity index (χ1v) is 5.26. The Kier molecular flexibility index (Phi) is 9.66. The summed E-state index contributed by atoms with van der Waals surface area (Å²) in [6, 6.07) is 0. The second kappa shape index (κ2) is 8.64. The highest BCUT2D eigenvalue weighted by Gasteiger charge is 2.24. The topological polar surface area (TPSA) is 98.0 Å². The first-order chi connectivity index (χ1) is 7.36. The number of carbonyl (C=O) groups excluding carboxylic acids is 1. The molecule has 0 aromatic rings. The zero-order valence-corrected chi connectivity index (χ0v) is 10.3. The predicted molar refractivity (Wildman–Crippen MR) is 60.9 cm³/mol. The molecule has 0 unspecified atom stereocenters. The molecule has 0 rings (SSSR count). The molecule has 4 N–H and O–H groups in total. The Labute approximate surface area is 96.7 Å². The maximum atomic E-state index is 9.90. The standard InChI is InChI=1S/C6H14O3.C5H10O2/c1-2-6(3-7,4-8)5-9;1-5(2,3-6)4-7/h7-9H,2-5H2,1H3;3,7H,4H2,1-2H3. The van der Waals surface area contributed by atoms with Gasteiger partial charge in [-0.3, -0.25) is 0 Å². The van der Waals surface area contributed by atoms with Crippen LogP contribution in [0.2, 0.25) is 0 Å². The van der Waals surface area contributed by atoms with Gasteiger partial charge in [0.25, 0.3) is 0 Å². The number of hydrogen-bond acceptors (Lipinski definition) is 5. The molecule has 5 heteroatoms. The molecule has 0 spiro atoms. The highest BCUT2D eigenvalue weighted by atomic mass is 16.3. The summed E-state index contributed by atoms with van der Waals surface area (Å²) in [5.74, 6) is 0. The van der Waals surface area contributed by atoms with Crippen molar-refractivity contribution in [2.24, 2.45) is 10.8 Å². The minimum Gasteiger partial charge on any atom is -0.396 e. The van der Waals surface area contributed by atoms with Crippen molar-refractivity contribution in [1.29, 1.82) is 0 Å². The van der Waals surface area contributed by atoms with Crippen molar-refractivity contribution in [3.63, 3.8) is 0 Å². The maximum absolute atomic E-state index is 9.90. The van der Waals surface area contributed by atoms with Crippen LogP contribution >= 0.6 is 0 Å². The molecule has 98 valence electrons. The van der Waals surface area contributed by atoms with E-state index >= 15 is 0 Å². The molecule has 0 heterocycles. The minimum atomic E-state index is -0.667. The minimum absolute atomic E-state index is 0.0729. The lowest BCUT2D eigenvalue weighted by atomic mass is 9.88. The number of aldehydes is 1. The highest BCUT2D eigenvalue weighted by Crippen LogP contribution is 2.18. The zero-order valence-electron chi connectivity index (χ0n) is 10.3. The molecule has 0 aromatic carbocycles. The monoisotopic (exact) mass is 236 g/mol. The van der Waals surface area contributed by atoms with E-state index in [2.05, 4.69) is 0 Å². The van der Waals surface area contributed by atoms with E-state index in [0.29, 0.717) is 6.42 Å². The number of rotatable bonds is 6. The molecule has 0 amide bonds. The van der Waals surface area contributed by atoms with Gasteiger partial charge in [0.15, 0.2) is 0 Å².